The molecule has 0 N–H and O–H groups in total. The van der Waals surface area contributed by atoms with E-state index in [0.717, 1.165) is 12.8 Å². The smallest absolute Gasteiger partial charge is 0.0885 e. The Balaban J connectivity index is 0.00000182. The first kappa shape index (κ1) is 19.1. The summed E-state index contributed by atoms with van der Waals surface area (Å²) in [4.78, 5) is -0.823. The molecule has 126 valence electrons. The molecule has 2 unspecified atom stereocenters. The van der Waals surface area contributed by atoms with E-state index in [9.17, 15) is 0 Å². The van der Waals surface area contributed by atoms with Crippen LogP contribution in [0.2, 0.25) is 0 Å². The van der Waals surface area contributed by atoms with E-state index in [2.05, 4.69) is 74.5 Å². The number of alkyl halides is 2. The monoisotopic (exact) mass is 534 g/mol. The van der Waals surface area contributed by atoms with Crippen LogP contribution in [0.4, 0.5) is 0 Å². The maximum Gasteiger partial charge on any atom is 0.0885 e. The molecule has 2 aliphatic carbocycles. The molecular formula is C22H20Cl2Hf. The Hall–Kier alpha value is -0.630. The van der Waals surface area contributed by atoms with Crippen LogP contribution in [0, 0.1) is 0 Å². The standard InChI is InChI=1S/C22H20Cl2.Hf/c1-21(23)17(13-15-7-3-5-9-19(15)21)11-12-18-14-16-8-4-6-10-20(16)22(18,2)24;/h3-10,13-14H,11-12H2,1-2H3;. The summed E-state index contributed by atoms with van der Waals surface area (Å²) in [7, 11) is 0. The van der Waals surface area contributed by atoms with Gasteiger partial charge in [0.25, 0.3) is 0 Å². The molecule has 4 rings (SSSR count). The third kappa shape index (κ3) is 3.13. The zero-order chi connectivity index (χ0) is 16.9. The summed E-state index contributed by atoms with van der Waals surface area (Å²) in [6, 6.07) is 16.8. The van der Waals surface area contributed by atoms with E-state index in [0.29, 0.717) is 0 Å². The summed E-state index contributed by atoms with van der Waals surface area (Å²) in [5, 5.41) is 0. The molecule has 2 atom stereocenters. The van der Waals surface area contributed by atoms with Crippen molar-refractivity contribution in [2.24, 2.45) is 0 Å². The number of rotatable bonds is 3. The Bertz CT molecular complexity index is 802. The van der Waals surface area contributed by atoms with E-state index in [1.807, 2.05) is 0 Å². The summed E-state index contributed by atoms with van der Waals surface area (Å²) in [6.45, 7) is 4.20. The zero-order valence-electron chi connectivity index (χ0n) is 14.4. The van der Waals surface area contributed by atoms with Gasteiger partial charge in [-0.05, 0) is 60.1 Å². The fourth-order valence-corrected chi connectivity index (χ4v) is 4.62. The van der Waals surface area contributed by atoms with Crippen molar-refractivity contribution in [1.29, 1.82) is 0 Å². The van der Waals surface area contributed by atoms with Gasteiger partial charge in [0.15, 0.2) is 0 Å². The Morgan fingerprint density at radius 2 is 1.04 bits per heavy atom. The maximum absolute atomic E-state index is 6.89. The van der Waals surface area contributed by atoms with Gasteiger partial charge >= 0.3 is 0 Å². The summed E-state index contributed by atoms with van der Waals surface area (Å²) in [6.07, 6.45) is 6.35. The summed E-state index contributed by atoms with van der Waals surface area (Å²) >= 11 is 13.8. The minimum Gasteiger partial charge on any atom is -0.109 e. The minimum atomic E-state index is -0.411. The molecule has 0 saturated heterocycles. The SMILES string of the molecule is CC1(Cl)C(CCC2=Cc3ccccc3C2(C)Cl)=Cc2ccccc21.[Hf]. The second kappa shape index (κ2) is 6.83. The van der Waals surface area contributed by atoms with Gasteiger partial charge in [0, 0.05) is 25.8 Å². The zero-order valence-corrected chi connectivity index (χ0v) is 19.5. The Morgan fingerprint density at radius 3 is 1.40 bits per heavy atom. The molecule has 3 heteroatoms. The number of hydrogen-bond acceptors (Lipinski definition) is 0. The van der Waals surface area contributed by atoms with Gasteiger partial charge in [-0.25, -0.2) is 0 Å². The van der Waals surface area contributed by atoms with E-state index in [4.69, 9.17) is 23.2 Å². The number of fused-ring (bicyclic) bond motifs is 2. The molecule has 2 aromatic carbocycles. The fraction of sp³-hybridized carbons (Fsp3) is 0.273. The first-order valence-electron chi connectivity index (χ1n) is 8.39. The van der Waals surface area contributed by atoms with Gasteiger partial charge in [0.2, 0.25) is 0 Å². The molecule has 0 nitrogen and oxygen atoms in total. The molecule has 0 aromatic heterocycles. The molecule has 0 fully saturated rings. The van der Waals surface area contributed by atoms with Gasteiger partial charge < -0.3 is 0 Å². The first-order chi connectivity index (χ1) is 11.4. The van der Waals surface area contributed by atoms with E-state index >= 15 is 0 Å². The van der Waals surface area contributed by atoms with E-state index in [1.165, 1.54) is 33.4 Å². The van der Waals surface area contributed by atoms with Crippen molar-refractivity contribution in [2.75, 3.05) is 0 Å². The third-order valence-electron chi connectivity index (χ3n) is 5.46. The van der Waals surface area contributed by atoms with Gasteiger partial charge in [-0.2, -0.15) is 0 Å². The molecule has 0 aliphatic heterocycles. The fourth-order valence-electron chi connectivity index (χ4n) is 3.98. The van der Waals surface area contributed by atoms with Crippen molar-refractivity contribution in [3.8, 4) is 0 Å². The van der Waals surface area contributed by atoms with Gasteiger partial charge in [0.05, 0.1) is 9.75 Å². The van der Waals surface area contributed by atoms with Crippen LogP contribution in [0.3, 0.4) is 0 Å². The van der Waals surface area contributed by atoms with Crippen LogP contribution in [0.15, 0.2) is 59.7 Å². The largest absolute Gasteiger partial charge is 0.109 e. The van der Waals surface area contributed by atoms with Crippen LogP contribution in [0.1, 0.15) is 48.9 Å². The van der Waals surface area contributed by atoms with Crippen molar-refractivity contribution in [3.63, 3.8) is 0 Å². The minimum absolute atomic E-state index is 0. The molecule has 2 aromatic rings. The van der Waals surface area contributed by atoms with Gasteiger partial charge in [-0.1, -0.05) is 60.7 Å². The van der Waals surface area contributed by atoms with E-state index in [1.54, 1.807) is 0 Å². The predicted molar refractivity (Wildman–Crippen MR) is 104 cm³/mol. The molecule has 0 heterocycles. The van der Waals surface area contributed by atoms with Crippen LogP contribution < -0.4 is 0 Å². The molecule has 25 heavy (non-hydrogen) atoms. The van der Waals surface area contributed by atoms with Gasteiger partial charge in [0.1, 0.15) is 0 Å². The second-order valence-corrected chi connectivity index (χ2v) is 8.53. The second-order valence-electron chi connectivity index (χ2n) is 7.02. The van der Waals surface area contributed by atoms with Gasteiger partial charge in [-0.3, -0.25) is 0 Å². The van der Waals surface area contributed by atoms with E-state index in [-0.39, 0.29) is 25.8 Å². The Kier molecular flexibility index (Phi) is 5.23. The molecule has 0 amide bonds. The van der Waals surface area contributed by atoms with Crippen molar-refractivity contribution in [2.45, 2.75) is 36.4 Å². The molecule has 0 radical (unpaired) electrons. The van der Waals surface area contributed by atoms with Crippen molar-refractivity contribution < 1.29 is 25.8 Å². The first-order valence-corrected chi connectivity index (χ1v) is 9.15. The van der Waals surface area contributed by atoms with Crippen LogP contribution in [-0.2, 0) is 35.6 Å². The summed E-state index contributed by atoms with van der Waals surface area (Å²) in [5.41, 5.74) is 7.44. The average molecular weight is 534 g/mol. The third-order valence-corrected chi connectivity index (χ3v) is 6.36. The summed E-state index contributed by atoms with van der Waals surface area (Å²) < 4.78 is 0. The number of halogens is 2. The number of allylic oxidation sites excluding steroid dienone is 2. The number of hydrogen-bond donors (Lipinski definition) is 0. The van der Waals surface area contributed by atoms with Crippen LogP contribution in [0.25, 0.3) is 12.2 Å². The van der Waals surface area contributed by atoms with Crippen LogP contribution in [-0.4, -0.2) is 0 Å². The summed E-state index contributed by atoms with van der Waals surface area (Å²) in [5.74, 6) is 0. The Morgan fingerprint density at radius 1 is 0.680 bits per heavy atom. The molecular weight excluding hydrogens is 514 g/mol. The normalized spacial score (nSPS) is 26.4. The Labute approximate surface area is 178 Å². The molecule has 0 bridgehead atoms. The predicted octanol–water partition coefficient (Wildman–Crippen LogP) is 6.87. The maximum atomic E-state index is 6.89. The van der Waals surface area contributed by atoms with Crippen molar-refractivity contribution in [3.05, 3.63) is 81.9 Å². The van der Waals surface area contributed by atoms with Crippen LogP contribution in [0.5, 0.6) is 0 Å². The van der Waals surface area contributed by atoms with Crippen molar-refractivity contribution >= 4 is 35.4 Å². The quantitative estimate of drug-likeness (QED) is 0.298. The average Bonchev–Trinajstić information content (AvgIpc) is 2.97. The van der Waals surface area contributed by atoms with Gasteiger partial charge in [-0.15, -0.1) is 23.2 Å². The molecule has 0 spiro atoms. The van der Waals surface area contributed by atoms with Crippen molar-refractivity contribution in [1.82, 2.24) is 0 Å². The number of benzene rings is 2. The van der Waals surface area contributed by atoms with Crippen LogP contribution >= 0.6 is 23.2 Å². The molecule has 2 aliphatic rings. The van der Waals surface area contributed by atoms with E-state index < -0.39 is 9.75 Å². The topological polar surface area (TPSA) is 0 Å². The molecule has 0 saturated carbocycles.